The molecule has 10 aliphatic rings. The maximum Gasteiger partial charge on any atom is 0.224 e. The second-order valence-corrected chi connectivity index (χ2v) is 22.7. The van der Waals surface area contributed by atoms with E-state index in [1.54, 1.807) is 6.08 Å². The largest absolute Gasteiger partial charge is 0.506 e. The van der Waals surface area contributed by atoms with Crippen LogP contribution >= 0.6 is 24.4 Å². The van der Waals surface area contributed by atoms with Gasteiger partial charge in [-0.1, -0.05) is 31.7 Å². The molecular weight excluding hydrogens is 861 g/mol. The SMILES string of the molecule is C[C@@]12C[C@@]34C[C@@H]1C[C@@H](O2)[C@@H]3[C@](C)(CCC(=O)Nc1c(O)ccc(C(=O)S)c1O)C(=O)CC4SC(=O)c1ccc(O)c(NC(=O)CC[C@]2(C)C(=O)C=C[C@]34C[C@H]5C[C@H](O[C@@]5(C)C3)[C@@H]42)c1O. The zero-order valence-corrected chi connectivity index (χ0v) is 37.9. The van der Waals surface area contributed by atoms with Crippen molar-refractivity contribution in [3.05, 3.63) is 47.5 Å². The van der Waals surface area contributed by atoms with Crippen LogP contribution in [0.15, 0.2) is 36.4 Å². The van der Waals surface area contributed by atoms with E-state index in [0.717, 1.165) is 43.5 Å². The van der Waals surface area contributed by atoms with Gasteiger partial charge in [-0.05, 0) is 118 Å². The van der Waals surface area contributed by atoms with Crippen LogP contribution in [0.4, 0.5) is 11.4 Å². The van der Waals surface area contributed by atoms with Crippen molar-refractivity contribution < 1.29 is 58.7 Å². The van der Waals surface area contributed by atoms with E-state index in [4.69, 9.17) is 9.47 Å². The molecule has 16 heteroatoms. The van der Waals surface area contributed by atoms with Crippen molar-refractivity contribution in [2.45, 2.75) is 127 Å². The van der Waals surface area contributed by atoms with Gasteiger partial charge in [-0.15, -0.1) is 12.6 Å². The van der Waals surface area contributed by atoms with Gasteiger partial charge in [0.15, 0.2) is 17.3 Å². The summed E-state index contributed by atoms with van der Waals surface area (Å²) in [4.78, 5) is 81.3. The summed E-state index contributed by atoms with van der Waals surface area (Å²) < 4.78 is 13.2. The first-order valence-corrected chi connectivity index (χ1v) is 23.7. The van der Waals surface area contributed by atoms with Crippen LogP contribution in [0.3, 0.4) is 0 Å². The number of ketones is 2. The Hall–Kier alpha value is -4.38. The number of anilines is 2. The average molecular weight is 915 g/mol. The van der Waals surface area contributed by atoms with E-state index in [9.17, 15) is 49.2 Å². The number of carbonyl (C=O) groups excluding carboxylic acids is 6. The smallest absolute Gasteiger partial charge is 0.224 e. The maximum absolute atomic E-state index is 14.5. The van der Waals surface area contributed by atoms with Crippen LogP contribution in [0.5, 0.6) is 23.0 Å². The normalized spacial score (nSPS) is 40.4. The number of hydrogen-bond acceptors (Lipinski definition) is 13. The number of nitrogens with one attached hydrogen (secondary N) is 2. The summed E-state index contributed by atoms with van der Waals surface area (Å²) in [5.74, 6) is -3.18. The van der Waals surface area contributed by atoms with E-state index in [2.05, 4.69) is 43.2 Å². The molecule has 2 spiro atoms. The van der Waals surface area contributed by atoms with Gasteiger partial charge in [0.2, 0.25) is 22.0 Å². The van der Waals surface area contributed by atoms with E-state index >= 15 is 0 Å². The van der Waals surface area contributed by atoms with Gasteiger partial charge in [-0.3, -0.25) is 28.8 Å². The lowest BCUT2D eigenvalue weighted by atomic mass is 9.48. The van der Waals surface area contributed by atoms with Crippen molar-refractivity contribution in [1.82, 2.24) is 0 Å². The van der Waals surface area contributed by atoms with Crippen LogP contribution in [0, 0.1) is 45.3 Å². The Kier molecular flexibility index (Phi) is 9.73. The van der Waals surface area contributed by atoms with Crippen molar-refractivity contribution in [2.75, 3.05) is 10.6 Å². The molecule has 340 valence electrons. The van der Waals surface area contributed by atoms with Gasteiger partial charge in [-0.25, -0.2) is 0 Å². The van der Waals surface area contributed by atoms with Crippen LogP contribution in [0.25, 0.3) is 0 Å². The Balaban J connectivity index is 0.847. The fourth-order valence-corrected chi connectivity index (χ4v) is 16.5. The first-order chi connectivity index (χ1) is 30.1. The van der Waals surface area contributed by atoms with Crippen LogP contribution in [-0.4, -0.2) is 82.7 Å². The number of phenolic OH excluding ortho intramolecular Hbond substituents is 4. The summed E-state index contributed by atoms with van der Waals surface area (Å²) in [5, 5.41) is 46.7. The van der Waals surface area contributed by atoms with Crippen LogP contribution in [-0.2, 0) is 28.7 Å². The van der Waals surface area contributed by atoms with Crippen molar-refractivity contribution in [3.8, 4) is 23.0 Å². The molecule has 14 nitrogen and oxygen atoms in total. The van der Waals surface area contributed by atoms with E-state index < -0.39 is 72.1 Å². The maximum atomic E-state index is 14.5. The first-order valence-electron chi connectivity index (χ1n) is 22.3. The molecule has 64 heavy (non-hydrogen) atoms. The molecule has 1 unspecified atom stereocenters. The number of rotatable bonds is 11. The highest BCUT2D eigenvalue weighted by Crippen LogP contribution is 2.75. The Bertz CT molecular complexity index is 2510. The van der Waals surface area contributed by atoms with Gasteiger partial charge in [-0.2, -0.15) is 0 Å². The molecule has 8 bridgehead atoms. The van der Waals surface area contributed by atoms with Gasteiger partial charge in [0.1, 0.15) is 28.7 Å². The number of aromatic hydroxyl groups is 4. The van der Waals surface area contributed by atoms with E-state index in [-0.39, 0.29) is 107 Å². The summed E-state index contributed by atoms with van der Waals surface area (Å²) in [7, 11) is 0. The molecule has 6 N–H and O–H groups in total. The summed E-state index contributed by atoms with van der Waals surface area (Å²) in [6.45, 7) is 8.01. The van der Waals surface area contributed by atoms with Crippen molar-refractivity contribution in [2.24, 2.45) is 45.3 Å². The fourth-order valence-electron chi connectivity index (χ4n) is 15.0. The number of allylic oxidation sites excluding steroid dienone is 2. The molecule has 2 amide bonds. The number of phenols is 4. The highest BCUT2D eigenvalue weighted by Gasteiger charge is 2.76. The minimum atomic E-state index is -1.04. The lowest BCUT2D eigenvalue weighted by Crippen LogP contribution is -2.63. The number of thiol groups is 1. The quantitative estimate of drug-likeness (QED) is 0.0874. The number of amides is 2. The molecule has 4 aliphatic heterocycles. The minimum Gasteiger partial charge on any atom is -0.506 e. The third-order valence-corrected chi connectivity index (χ3v) is 19.2. The van der Waals surface area contributed by atoms with Crippen LogP contribution in [0.1, 0.15) is 119 Å². The average Bonchev–Trinajstić information content (AvgIpc) is 3.79. The van der Waals surface area contributed by atoms with Crippen molar-refractivity contribution >= 4 is 69.4 Å². The highest BCUT2D eigenvalue weighted by atomic mass is 32.2. The van der Waals surface area contributed by atoms with Crippen LogP contribution in [0.2, 0.25) is 0 Å². The predicted octanol–water partition coefficient (Wildman–Crippen LogP) is 7.23. The zero-order chi connectivity index (χ0) is 45.7. The molecule has 13 atom stereocenters. The molecule has 2 aromatic rings. The topological polar surface area (TPSA) is 226 Å². The van der Waals surface area contributed by atoms with Gasteiger partial charge >= 0.3 is 0 Å². The predicted molar refractivity (Wildman–Crippen MR) is 237 cm³/mol. The molecule has 4 heterocycles. The number of carbonyl (C=O) groups is 6. The van der Waals surface area contributed by atoms with Gasteiger partial charge in [0.25, 0.3) is 0 Å². The molecule has 0 aromatic heterocycles. The second-order valence-electron chi connectivity index (χ2n) is 21.2. The molecule has 2 aromatic carbocycles. The van der Waals surface area contributed by atoms with Gasteiger partial charge in [0.05, 0.1) is 34.5 Å². The van der Waals surface area contributed by atoms with Gasteiger partial charge < -0.3 is 40.5 Å². The Morgan fingerprint density at radius 2 is 1.30 bits per heavy atom. The number of ether oxygens (including phenoxy) is 2. The molecule has 5 saturated carbocycles. The molecule has 4 saturated heterocycles. The fraction of sp³-hybridized carbons (Fsp3) is 0.583. The Labute approximate surface area is 380 Å². The Morgan fingerprint density at radius 1 is 0.750 bits per heavy atom. The first kappa shape index (κ1) is 43.5. The number of thioether (sulfide) groups is 1. The zero-order valence-electron chi connectivity index (χ0n) is 36.2. The Morgan fingerprint density at radius 3 is 1.89 bits per heavy atom. The van der Waals surface area contributed by atoms with E-state index in [1.807, 2.05) is 13.8 Å². The standard InChI is InChI=1S/C48H54N2O12S2/c1-43(30(53)9-14-47-18-22-15-28(39(43)47)61-45(22,3)20-47)12-10-33(55)50-36-27(52)8-6-25(38(36)58)42(60)64-32-17-31(54)44(2,40-29-16-23-19-48(32,40)21-46(23,4)62-29)13-11-34(56)49-35-26(51)7-5-24(37(35)57)41(59)63/h5-9,14,22-23,28-29,32,39-40,51-52,57-58H,10-13,15-21H2,1-4H3,(H,49,56)(H,50,55)(H,59,63)/t22-,23+,28+,29-,32?,39-,40-,43-,44-,45+,46-,47+,48-/m1/s1. The highest BCUT2D eigenvalue weighted by molar-refractivity contribution is 8.14. The number of hydrogen-bond donors (Lipinski definition) is 7. The lowest BCUT2D eigenvalue weighted by Gasteiger charge is -2.60. The summed E-state index contributed by atoms with van der Waals surface area (Å²) >= 11 is 4.72. The third-order valence-electron chi connectivity index (χ3n) is 17.6. The third kappa shape index (κ3) is 6.13. The van der Waals surface area contributed by atoms with Gasteiger partial charge in [0, 0.05) is 47.2 Å². The minimum absolute atomic E-state index is 0.0113. The van der Waals surface area contributed by atoms with Crippen LogP contribution < -0.4 is 10.6 Å². The van der Waals surface area contributed by atoms with Crippen molar-refractivity contribution in [3.63, 3.8) is 0 Å². The molecule has 6 aliphatic carbocycles. The van der Waals surface area contributed by atoms with E-state index in [0.29, 0.717) is 18.8 Å². The number of benzene rings is 2. The summed E-state index contributed by atoms with van der Waals surface area (Å²) in [5.41, 5.74) is -4.20. The molecule has 0 radical (unpaired) electrons. The van der Waals surface area contributed by atoms with Crippen molar-refractivity contribution in [1.29, 1.82) is 0 Å². The molecule has 9 fully saturated rings. The molecular formula is C48H54N2O12S2. The lowest BCUT2D eigenvalue weighted by molar-refractivity contribution is -0.189. The number of Topliss-reactive ketones (excluding diaryl/α,β-unsaturated/α-hetero) is 1. The molecule has 12 rings (SSSR count). The summed E-state index contributed by atoms with van der Waals surface area (Å²) in [6.07, 6.45) is 8.26. The van der Waals surface area contributed by atoms with E-state index in [1.165, 1.54) is 18.2 Å². The monoisotopic (exact) mass is 914 g/mol. The summed E-state index contributed by atoms with van der Waals surface area (Å²) in [6, 6.07) is 4.89. The second kappa shape index (κ2) is 14.3.